The molecule has 0 aliphatic carbocycles. The van der Waals surface area contributed by atoms with Gasteiger partial charge < -0.3 is 23.8 Å². The first kappa shape index (κ1) is 34.0. The Labute approximate surface area is 261 Å². The molecule has 0 saturated carbocycles. The zero-order chi connectivity index (χ0) is 32.4. The number of alkyl halides is 3. The molecule has 4 rings (SSSR count). The van der Waals surface area contributed by atoms with Gasteiger partial charge in [-0.2, -0.15) is 13.2 Å². The van der Waals surface area contributed by atoms with Gasteiger partial charge in [-0.3, -0.25) is 4.79 Å². The number of pyridine rings is 1. The van der Waals surface area contributed by atoms with Gasteiger partial charge >= 0.3 is 12.1 Å². The molecule has 0 radical (unpaired) electrons. The minimum Gasteiger partial charge on any atom is -0.481 e. The Morgan fingerprint density at radius 3 is 2.50 bits per heavy atom. The number of methoxy groups -OCH3 is 1. The molecule has 0 N–H and O–H groups in total. The number of likely N-dealkylation sites (tertiary alicyclic amines) is 1. The number of halogens is 4. The predicted octanol–water partition coefficient (Wildman–Crippen LogP) is 6.70. The van der Waals surface area contributed by atoms with Crippen molar-refractivity contribution in [2.24, 2.45) is 11.3 Å². The van der Waals surface area contributed by atoms with E-state index in [2.05, 4.69) is 4.98 Å². The molecule has 1 aromatic carbocycles. The quantitative estimate of drug-likeness (QED) is 0.297. The third kappa shape index (κ3) is 7.00. The van der Waals surface area contributed by atoms with Crippen LogP contribution in [0.2, 0.25) is 5.02 Å². The minimum absolute atomic E-state index is 0.0238. The number of nitrogens with zero attached hydrogens (tertiary/aromatic N) is 2. The Balaban J connectivity index is 1.90. The van der Waals surface area contributed by atoms with E-state index in [1.165, 1.54) is 12.0 Å². The first-order valence-electron chi connectivity index (χ1n) is 14.8. The number of ether oxygens (including phenoxy) is 4. The Hall–Kier alpha value is -2.89. The number of rotatable bonds is 8. The van der Waals surface area contributed by atoms with Gasteiger partial charge in [-0.1, -0.05) is 44.5 Å². The monoisotopic (exact) mass is 640 g/mol. The second-order valence-corrected chi connectivity index (χ2v) is 12.7. The van der Waals surface area contributed by atoms with E-state index in [-0.39, 0.29) is 30.6 Å². The highest BCUT2D eigenvalue weighted by molar-refractivity contribution is 6.31. The fourth-order valence-electron chi connectivity index (χ4n) is 6.30. The highest BCUT2D eigenvalue weighted by Crippen LogP contribution is 2.51. The molecule has 44 heavy (non-hydrogen) atoms. The largest absolute Gasteiger partial charge is 0.481 e. The van der Waals surface area contributed by atoms with Gasteiger partial charge in [0.1, 0.15) is 12.1 Å². The van der Waals surface area contributed by atoms with Crippen molar-refractivity contribution in [3.8, 4) is 5.88 Å². The molecule has 3 heterocycles. The number of amides is 1. The van der Waals surface area contributed by atoms with E-state index in [4.69, 9.17) is 30.5 Å². The summed E-state index contributed by atoms with van der Waals surface area (Å²) >= 11 is 6.57. The molecule has 0 unspecified atom stereocenters. The van der Waals surface area contributed by atoms with Crippen LogP contribution < -0.4 is 4.74 Å². The summed E-state index contributed by atoms with van der Waals surface area (Å²) in [5.74, 6) is -1.62. The Morgan fingerprint density at radius 2 is 1.91 bits per heavy atom. The summed E-state index contributed by atoms with van der Waals surface area (Å²) in [7, 11) is 1.31. The highest BCUT2D eigenvalue weighted by Gasteiger charge is 2.60. The highest BCUT2D eigenvalue weighted by atomic mass is 35.5. The molecule has 2 fully saturated rings. The van der Waals surface area contributed by atoms with Crippen molar-refractivity contribution in [3.05, 3.63) is 57.7 Å². The average molecular weight is 641 g/mol. The van der Waals surface area contributed by atoms with E-state index >= 15 is 0 Å². The van der Waals surface area contributed by atoms with E-state index < -0.39 is 53.3 Å². The van der Waals surface area contributed by atoms with Crippen molar-refractivity contribution in [2.75, 3.05) is 20.3 Å². The van der Waals surface area contributed by atoms with E-state index in [0.29, 0.717) is 35.4 Å². The first-order valence-corrected chi connectivity index (χ1v) is 15.2. The third-order valence-electron chi connectivity index (χ3n) is 8.35. The zero-order valence-electron chi connectivity index (χ0n) is 25.9. The van der Waals surface area contributed by atoms with Crippen LogP contribution in [0, 0.1) is 18.3 Å². The van der Waals surface area contributed by atoms with Gasteiger partial charge in [0.15, 0.2) is 0 Å². The molecule has 2 aliphatic rings. The van der Waals surface area contributed by atoms with Crippen LogP contribution in [0.3, 0.4) is 0 Å². The van der Waals surface area contributed by atoms with Gasteiger partial charge in [0.25, 0.3) is 5.91 Å². The Morgan fingerprint density at radius 1 is 1.18 bits per heavy atom. The summed E-state index contributed by atoms with van der Waals surface area (Å²) in [6.07, 6.45) is -3.46. The first-order chi connectivity index (χ1) is 20.7. The van der Waals surface area contributed by atoms with Gasteiger partial charge in [-0.15, -0.1) is 0 Å². The SMILES string of the molecule is CCOC(=O)[C@@H]1[C@H](C(C)(C)C)[C@H](OCc2cc(C(F)(F)F)cnc2OC)[C@H](c2cccc(Cl)c2C)N1C(=O)[C@@H]1CCCCO1. The van der Waals surface area contributed by atoms with Crippen LogP contribution in [0.5, 0.6) is 5.88 Å². The number of carbonyl (C=O) groups excluding carboxylic acids is 2. The Bertz CT molecular complexity index is 1340. The number of carbonyl (C=O) groups is 2. The van der Waals surface area contributed by atoms with E-state index in [1.807, 2.05) is 33.8 Å². The molecule has 242 valence electrons. The maximum atomic E-state index is 14.4. The molecule has 5 atom stereocenters. The lowest BCUT2D eigenvalue weighted by Crippen LogP contribution is -2.51. The molecule has 0 spiro atoms. The molecule has 2 aromatic rings. The third-order valence-corrected chi connectivity index (χ3v) is 8.76. The van der Waals surface area contributed by atoms with Crippen LogP contribution >= 0.6 is 11.6 Å². The van der Waals surface area contributed by atoms with Gasteiger partial charge in [0.05, 0.1) is 38.0 Å². The number of benzene rings is 1. The number of aromatic nitrogens is 1. The Kier molecular flexibility index (Phi) is 10.5. The molecule has 12 heteroatoms. The fraction of sp³-hybridized carbons (Fsp3) is 0.594. The number of hydrogen-bond acceptors (Lipinski definition) is 7. The van der Waals surface area contributed by atoms with Crippen molar-refractivity contribution >= 4 is 23.5 Å². The van der Waals surface area contributed by atoms with Crippen molar-refractivity contribution in [3.63, 3.8) is 0 Å². The van der Waals surface area contributed by atoms with Crippen molar-refractivity contribution in [2.45, 2.75) is 91.0 Å². The van der Waals surface area contributed by atoms with Crippen LogP contribution in [-0.4, -0.2) is 60.3 Å². The molecule has 0 bridgehead atoms. The topological polar surface area (TPSA) is 87.2 Å². The lowest BCUT2D eigenvalue weighted by atomic mass is 9.73. The molecule has 1 aromatic heterocycles. The summed E-state index contributed by atoms with van der Waals surface area (Å²) in [6, 6.07) is 4.34. The molecular weight excluding hydrogens is 601 g/mol. The molecule has 2 saturated heterocycles. The van der Waals surface area contributed by atoms with Crippen LogP contribution in [0.25, 0.3) is 0 Å². The van der Waals surface area contributed by atoms with Gasteiger partial charge in [0, 0.05) is 29.3 Å². The average Bonchev–Trinajstić information content (AvgIpc) is 3.32. The maximum Gasteiger partial charge on any atom is 0.417 e. The van der Waals surface area contributed by atoms with Crippen LogP contribution in [0.4, 0.5) is 13.2 Å². The lowest BCUT2D eigenvalue weighted by molar-refractivity contribution is -0.162. The van der Waals surface area contributed by atoms with E-state index in [0.717, 1.165) is 18.9 Å². The standard InChI is InChI=1S/C32H40ClF3N2O6/c1-7-42-30(40)26-24(31(3,4)5)27(44-17-19-15-20(32(34,35)36)16-37-28(19)41-6)25(21-11-10-12-22(33)18(21)2)38(26)29(39)23-13-8-9-14-43-23/h10-12,15-16,23-27H,7-9,13-14,17H2,1-6H3/t23-,24-,25-,26-,27-/m0/s1. The van der Waals surface area contributed by atoms with E-state index in [9.17, 15) is 22.8 Å². The summed E-state index contributed by atoms with van der Waals surface area (Å²) in [4.78, 5) is 33.6. The zero-order valence-corrected chi connectivity index (χ0v) is 26.6. The van der Waals surface area contributed by atoms with Crippen LogP contribution in [0.15, 0.2) is 30.5 Å². The summed E-state index contributed by atoms with van der Waals surface area (Å²) in [6.45, 7) is 9.48. The molecule has 1 amide bonds. The van der Waals surface area contributed by atoms with Crippen molar-refractivity contribution < 1.29 is 41.7 Å². The number of esters is 1. The van der Waals surface area contributed by atoms with E-state index in [1.54, 1.807) is 19.1 Å². The minimum atomic E-state index is -4.63. The van der Waals surface area contributed by atoms with Crippen molar-refractivity contribution in [1.29, 1.82) is 0 Å². The smallest absolute Gasteiger partial charge is 0.417 e. The second kappa shape index (κ2) is 13.6. The van der Waals surface area contributed by atoms with Gasteiger partial charge in [0.2, 0.25) is 5.88 Å². The normalized spacial score (nSPS) is 24.3. The van der Waals surface area contributed by atoms with Crippen LogP contribution in [-0.2, 0) is 36.6 Å². The van der Waals surface area contributed by atoms with Crippen molar-refractivity contribution in [1.82, 2.24) is 9.88 Å². The maximum absolute atomic E-state index is 14.4. The summed E-state index contributed by atoms with van der Waals surface area (Å²) in [5.41, 5.74) is -0.170. The second-order valence-electron chi connectivity index (χ2n) is 12.3. The summed E-state index contributed by atoms with van der Waals surface area (Å²) in [5, 5.41) is 0.457. The number of hydrogen-bond donors (Lipinski definition) is 0. The predicted molar refractivity (Wildman–Crippen MR) is 157 cm³/mol. The van der Waals surface area contributed by atoms with Crippen LogP contribution in [0.1, 0.15) is 75.3 Å². The molecule has 8 nitrogen and oxygen atoms in total. The molecular formula is C32H40ClF3N2O6. The van der Waals surface area contributed by atoms with Gasteiger partial charge in [-0.25, -0.2) is 9.78 Å². The fourth-order valence-corrected chi connectivity index (χ4v) is 6.48. The lowest BCUT2D eigenvalue weighted by Gasteiger charge is -2.36. The molecule has 2 aliphatic heterocycles. The van der Waals surface area contributed by atoms with Gasteiger partial charge in [-0.05, 0) is 61.8 Å². The summed E-state index contributed by atoms with van der Waals surface area (Å²) < 4.78 is 64.1.